The lowest BCUT2D eigenvalue weighted by molar-refractivity contribution is 0.249. The van der Waals surface area contributed by atoms with Crippen molar-refractivity contribution >= 4 is 11.5 Å². The zero-order chi connectivity index (χ0) is 16.1. The minimum Gasteiger partial charge on any atom is -0.466 e. The Morgan fingerprint density at radius 2 is 2.39 bits per heavy atom. The molecule has 0 saturated heterocycles. The summed E-state index contributed by atoms with van der Waals surface area (Å²) in [5.41, 5.74) is 1.85. The van der Waals surface area contributed by atoms with E-state index in [2.05, 4.69) is 25.6 Å². The summed E-state index contributed by atoms with van der Waals surface area (Å²) < 4.78 is 24.3. The van der Waals surface area contributed by atoms with Crippen molar-refractivity contribution in [1.29, 1.82) is 0 Å². The number of furan rings is 1. The molecule has 0 aromatic carbocycles. The molecule has 8 heteroatoms. The molecule has 3 heterocycles. The fourth-order valence-electron chi connectivity index (χ4n) is 1.89. The number of anilines is 1. The third kappa shape index (κ3) is 4.06. The molecule has 0 aliphatic carbocycles. The molecule has 0 saturated carbocycles. The molecule has 0 bridgehead atoms. The van der Waals surface area contributed by atoms with Crippen LogP contribution in [0.4, 0.5) is 10.2 Å². The second-order valence-electron chi connectivity index (χ2n) is 4.93. The Hall–Kier alpha value is -2.90. The SMILES string of the molecule is CC1=CN=C(CNc2nc(OCc3ccco3)ncc2F)CN1. The van der Waals surface area contributed by atoms with Crippen molar-refractivity contribution in [3.8, 4) is 6.01 Å². The smallest absolute Gasteiger partial charge is 0.318 e. The number of hydrogen-bond acceptors (Lipinski definition) is 7. The number of ether oxygens (including phenoxy) is 1. The van der Waals surface area contributed by atoms with Gasteiger partial charge in [-0.1, -0.05) is 0 Å². The number of halogens is 1. The third-order valence-corrected chi connectivity index (χ3v) is 3.12. The first kappa shape index (κ1) is 15.0. The first-order chi connectivity index (χ1) is 11.2. The topological polar surface area (TPSA) is 84.6 Å². The molecule has 0 spiro atoms. The number of nitrogens with zero attached hydrogens (tertiary/aromatic N) is 3. The highest BCUT2D eigenvalue weighted by Crippen LogP contribution is 2.14. The van der Waals surface area contributed by atoms with E-state index in [-0.39, 0.29) is 18.4 Å². The number of aliphatic imine (C=N–C) groups is 1. The van der Waals surface area contributed by atoms with Crippen molar-refractivity contribution in [3.05, 3.63) is 48.1 Å². The van der Waals surface area contributed by atoms with Crippen LogP contribution in [0.5, 0.6) is 6.01 Å². The predicted molar refractivity (Wildman–Crippen MR) is 82.7 cm³/mol. The van der Waals surface area contributed by atoms with Crippen LogP contribution in [0, 0.1) is 5.82 Å². The van der Waals surface area contributed by atoms with Crippen molar-refractivity contribution < 1.29 is 13.5 Å². The van der Waals surface area contributed by atoms with E-state index in [1.54, 1.807) is 24.6 Å². The normalized spacial score (nSPS) is 13.8. The number of allylic oxidation sites excluding steroid dienone is 1. The van der Waals surface area contributed by atoms with Gasteiger partial charge in [-0.15, -0.1) is 0 Å². The molecule has 1 aliphatic rings. The van der Waals surface area contributed by atoms with E-state index in [1.807, 2.05) is 6.92 Å². The Morgan fingerprint density at radius 3 is 3.13 bits per heavy atom. The summed E-state index contributed by atoms with van der Waals surface area (Å²) in [7, 11) is 0. The van der Waals surface area contributed by atoms with Gasteiger partial charge in [0.2, 0.25) is 0 Å². The van der Waals surface area contributed by atoms with E-state index in [4.69, 9.17) is 9.15 Å². The van der Waals surface area contributed by atoms with Crippen LogP contribution >= 0.6 is 0 Å². The van der Waals surface area contributed by atoms with E-state index in [1.165, 1.54) is 0 Å². The lowest BCUT2D eigenvalue weighted by Crippen LogP contribution is -2.29. The molecular formula is C15H16FN5O2. The average molecular weight is 317 g/mol. The van der Waals surface area contributed by atoms with Gasteiger partial charge in [0.25, 0.3) is 0 Å². The van der Waals surface area contributed by atoms with Gasteiger partial charge < -0.3 is 19.8 Å². The van der Waals surface area contributed by atoms with E-state index in [0.717, 1.165) is 17.6 Å². The van der Waals surface area contributed by atoms with Crippen LogP contribution in [-0.4, -0.2) is 28.8 Å². The number of aromatic nitrogens is 2. The minimum atomic E-state index is -0.550. The van der Waals surface area contributed by atoms with Crippen LogP contribution in [0.1, 0.15) is 12.7 Å². The highest BCUT2D eigenvalue weighted by Gasteiger charge is 2.10. The van der Waals surface area contributed by atoms with Crippen LogP contribution in [0.25, 0.3) is 0 Å². The number of nitrogens with one attached hydrogen (secondary N) is 2. The molecule has 0 atom stereocenters. The first-order valence-electron chi connectivity index (χ1n) is 7.08. The lowest BCUT2D eigenvalue weighted by atomic mass is 10.3. The largest absolute Gasteiger partial charge is 0.466 e. The molecule has 120 valence electrons. The quantitative estimate of drug-likeness (QED) is 0.849. The van der Waals surface area contributed by atoms with Crippen molar-refractivity contribution in [2.45, 2.75) is 13.5 Å². The Labute approximate surface area is 132 Å². The molecular weight excluding hydrogens is 301 g/mol. The van der Waals surface area contributed by atoms with Crippen LogP contribution in [0.2, 0.25) is 0 Å². The van der Waals surface area contributed by atoms with Crippen molar-refractivity contribution in [2.24, 2.45) is 4.99 Å². The molecule has 23 heavy (non-hydrogen) atoms. The molecule has 0 unspecified atom stereocenters. The van der Waals surface area contributed by atoms with E-state index in [0.29, 0.717) is 18.8 Å². The van der Waals surface area contributed by atoms with Gasteiger partial charge in [-0.2, -0.15) is 4.98 Å². The molecule has 2 N–H and O–H groups in total. The summed E-state index contributed by atoms with van der Waals surface area (Å²) >= 11 is 0. The lowest BCUT2D eigenvalue weighted by Gasteiger charge is -2.14. The Kier molecular flexibility index (Phi) is 4.51. The molecule has 0 radical (unpaired) electrons. The molecule has 2 aromatic rings. The second-order valence-corrected chi connectivity index (χ2v) is 4.93. The average Bonchev–Trinajstić information content (AvgIpc) is 3.08. The van der Waals surface area contributed by atoms with Crippen molar-refractivity contribution in [1.82, 2.24) is 15.3 Å². The highest BCUT2D eigenvalue weighted by molar-refractivity contribution is 5.91. The molecule has 2 aromatic heterocycles. The Bertz CT molecular complexity index is 727. The monoisotopic (exact) mass is 317 g/mol. The van der Waals surface area contributed by atoms with Crippen molar-refractivity contribution in [3.63, 3.8) is 0 Å². The van der Waals surface area contributed by atoms with Crippen LogP contribution in [0.3, 0.4) is 0 Å². The first-order valence-corrected chi connectivity index (χ1v) is 7.08. The third-order valence-electron chi connectivity index (χ3n) is 3.12. The minimum absolute atomic E-state index is 0.0726. The van der Waals surface area contributed by atoms with Gasteiger partial charge in [-0.25, -0.2) is 9.37 Å². The number of hydrogen-bond donors (Lipinski definition) is 2. The maximum Gasteiger partial charge on any atom is 0.318 e. The highest BCUT2D eigenvalue weighted by atomic mass is 19.1. The number of rotatable bonds is 6. The van der Waals surface area contributed by atoms with Gasteiger partial charge in [-0.3, -0.25) is 4.99 Å². The molecule has 0 fully saturated rings. The molecule has 7 nitrogen and oxygen atoms in total. The van der Waals surface area contributed by atoms with Gasteiger partial charge in [0, 0.05) is 11.9 Å². The molecule has 0 amide bonds. The van der Waals surface area contributed by atoms with Gasteiger partial charge in [0.1, 0.15) is 12.4 Å². The van der Waals surface area contributed by atoms with Gasteiger partial charge in [0.05, 0.1) is 31.3 Å². The van der Waals surface area contributed by atoms with Gasteiger partial charge >= 0.3 is 6.01 Å². The Balaban J connectivity index is 1.61. The molecule has 1 aliphatic heterocycles. The molecule has 3 rings (SSSR count). The van der Waals surface area contributed by atoms with Crippen LogP contribution < -0.4 is 15.4 Å². The zero-order valence-corrected chi connectivity index (χ0v) is 12.5. The summed E-state index contributed by atoms with van der Waals surface area (Å²) in [6.45, 7) is 3.10. The Morgan fingerprint density at radius 1 is 1.48 bits per heavy atom. The standard InChI is InChI=1S/C15H16FN5O2/c1-10-5-18-11(6-17-10)7-19-14-13(16)8-20-15(21-14)23-9-12-3-2-4-22-12/h2-5,8,17H,6-7,9H2,1H3,(H,19,20,21). The van der Waals surface area contributed by atoms with Gasteiger partial charge in [0.15, 0.2) is 11.6 Å². The summed E-state index contributed by atoms with van der Waals surface area (Å²) in [4.78, 5) is 12.1. The summed E-state index contributed by atoms with van der Waals surface area (Å²) in [5, 5.41) is 6.06. The predicted octanol–water partition coefficient (Wildman–Crippen LogP) is 2.11. The zero-order valence-electron chi connectivity index (χ0n) is 12.5. The van der Waals surface area contributed by atoms with E-state index < -0.39 is 5.82 Å². The maximum atomic E-state index is 13.8. The summed E-state index contributed by atoms with van der Waals surface area (Å²) in [5.74, 6) is 0.159. The maximum absolute atomic E-state index is 13.8. The summed E-state index contributed by atoms with van der Waals surface area (Å²) in [6.07, 6.45) is 4.35. The van der Waals surface area contributed by atoms with E-state index in [9.17, 15) is 4.39 Å². The van der Waals surface area contributed by atoms with Crippen LogP contribution in [-0.2, 0) is 6.61 Å². The van der Waals surface area contributed by atoms with Gasteiger partial charge in [-0.05, 0) is 19.1 Å². The van der Waals surface area contributed by atoms with Crippen LogP contribution in [0.15, 0.2) is 45.9 Å². The second kappa shape index (κ2) is 6.91. The fraction of sp³-hybridized carbons (Fsp3) is 0.267. The van der Waals surface area contributed by atoms with E-state index >= 15 is 0 Å². The summed E-state index contributed by atoms with van der Waals surface area (Å²) in [6, 6.07) is 3.60. The van der Waals surface area contributed by atoms with Crippen molar-refractivity contribution in [2.75, 3.05) is 18.4 Å². The fourth-order valence-corrected chi connectivity index (χ4v) is 1.89.